The molecule has 6 heteroatoms. The molecule has 0 aromatic carbocycles. The zero-order valence-electron chi connectivity index (χ0n) is 10.8. The topological polar surface area (TPSA) is 70.7 Å². The summed E-state index contributed by atoms with van der Waals surface area (Å²) in [7, 11) is 1.66. The zero-order valence-corrected chi connectivity index (χ0v) is 10.8. The van der Waals surface area contributed by atoms with Crippen LogP contribution in [0.4, 0.5) is 0 Å². The second-order valence-electron chi connectivity index (χ2n) is 4.80. The third kappa shape index (κ3) is 3.00. The number of piperidine rings is 1. The Morgan fingerprint density at radius 3 is 2.61 bits per heavy atom. The third-order valence-electron chi connectivity index (χ3n) is 3.64. The van der Waals surface area contributed by atoms with Gasteiger partial charge in [-0.25, -0.2) is 0 Å². The number of ether oxygens (including phenoxy) is 1. The minimum atomic E-state index is -0.213. The smallest absolute Gasteiger partial charge is 0.242 e. The molecule has 2 aliphatic rings. The minimum Gasteiger partial charge on any atom is -0.378 e. The van der Waals surface area contributed by atoms with E-state index in [9.17, 15) is 9.59 Å². The Hall–Kier alpha value is -1.14. The first-order valence-corrected chi connectivity index (χ1v) is 6.54. The van der Waals surface area contributed by atoms with E-state index in [1.807, 2.05) is 4.90 Å². The zero-order chi connectivity index (χ0) is 13.0. The monoisotopic (exact) mass is 255 g/mol. The summed E-state index contributed by atoms with van der Waals surface area (Å²) in [5.74, 6) is 0.237. The number of carbonyl (C=O) groups is 2. The van der Waals surface area contributed by atoms with E-state index in [0.717, 1.165) is 19.4 Å². The molecule has 2 N–H and O–H groups in total. The number of morpholine rings is 1. The van der Waals surface area contributed by atoms with Crippen LogP contribution in [0.5, 0.6) is 0 Å². The number of carbonyl (C=O) groups excluding carboxylic acids is 2. The molecule has 1 unspecified atom stereocenters. The predicted octanol–water partition coefficient (Wildman–Crippen LogP) is -1.04. The molecular formula is C12H21N3O3. The van der Waals surface area contributed by atoms with Crippen molar-refractivity contribution in [1.29, 1.82) is 0 Å². The SMILES string of the molecule is CNC(=O)C1CCN(C(=O)C2COCCN2)CC1. The maximum Gasteiger partial charge on any atom is 0.242 e. The summed E-state index contributed by atoms with van der Waals surface area (Å²) in [6.07, 6.45) is 1.50. The molecule has 2 fully saturated rings. The largest absolute Gasteiger partial charge is 0.378 e. The number of amides is 2. The number of hydrogen-bond donors (Lipinski definition) is 2. The molecule has 0 aromatic rings. The van der Waals surface area contributed by atoms with E-state index in [4.69, 9.17) is 4.74 Å². The molecule has 0 spiro atoms. The first-order valence-electron chi connectivity index (χ1n) is 6.54. The summed E-state index contributed by atoms with van der Waals surface area (Å²) < 4.78 is 5.30. The van der Waals surface area contributed by atoms with Gasteiger partial charge in [0.2, 0.25) is 11.8 Å². The Bertz CT molecular complexity index is 308. The summed E-state index contributed by atoms with van der Waals surface area (Å²) in [4.78, 5) is 25.5. The van der Waals surface area contributed by atoms with Crippen LogP contribution in [-0.4, -0.2) is 62.7 Å². The van der Waals surface area contributed by atoms with Crippen LogP contribution in [0.1, 0.15) is 12.8 Å². The highest BCUT2D eigenvalue weighted by Gasteiger charge is 2.31. The second kappa shape index (κ2) is 6.15. The lowest BCUT2D eigenvalue weighted by atomic mass is 9.95. The van der Waals surface area contributed by atoms with E-state index in [0.29, 0.717) is 26.3 Å². The van der Waals surface area contributed by atoms with E-state index in [1.165, 1.54) is 0 Å². The number of likely N-dealkylation sites (tertiary alicyclic amines) is 1. The van der Waals surface area contributed by atoms with Gasteiger partial charge in [0.05, 0.1) is 13.2 Å². The van der Waals surface area contributed by atoms with Gasteiger partial charge in [0.1, 0.15) is 6.04 Å². The first-order chi connectivity index (χ1) is 8.72. The van der Waals surface area contributed by atoms with Gasteiger partial charge in [-0.05, 0) is 12.8 Å². The van der Waals surface area contributed by atoms with Crippen molar-refractivity contribution in [1.82, 2.24) is 15.5 Å². The molecule has 6 nitrogen and oxygen atoms in total. The molecule has 2 amide bonds. The molecule has 2 saturated heterocycles. The molecule has 0 saturated carbocycles. The molecule has 18 heavy (non-hydrogen) atoms. The summed E-state index contributed by atoms with van der Waals surface area (Å²) >= 11 is 0. The van der Waals surface area contributed by atoms with Gasteiger partial charge in [0, 0.05) is 32.6 Å². The predicted molar refractivity (Wildman–Crippen MR) is 66.0 cm³/mol. The lowest BCUT2D eigenvalue weighted by Gasteiger charge is -2.34. The molecular weight excluding hydrogens is 234 g/mol. The molecule has 1 atom stereocenters. The van der Waals surface area contributed by atoms with Crippen LogP contribution in [-0.2, 0) is 14.3 Å². The summed E-state index contributed by atoms with van der Waals surface area (Å²) in [5, 5.41) is 5.83. The second-order valence-corrected chi connectivity index (χ2v) is 4.80. The fourth-order valence-corrected chi connectivity index (χ4v) is 2.51. The van der Waals surface area contributed by atoms with Crippen LogP contribution in [0.15, 0.2) is 0 Å². The van der Waals surface area contributed by atoms with Crippen molar-refractivity contribution in [2.75, 3.05) is 39.9 Å². The number of nitrogens with zero attached hydrogens (tertiary/aromatic N) is 1. The molecule has 0 aliphatic carbocycles. The van der Waals surface area contributed by atoms with Gasteiger partial charge in [-0.1, -0.05) is 0 Å². The van der Waals surface area contributed by atoms with Crippen LogP contribution < -0.4 is 10.6 Å². The highest BCUT2D eigenvalue weighted by atomic mass is 16.5. The van der Waals surface area contributed by atoms with Gasteiger partial charge >= 0.3 is 0 Å². The summed E-state index contributed by atoms with van der Waals surface area (Å²) in [5.41, 5.74) is 0. The lowest BCUT2D eigenvalue weighted by molar-refractivity contribution is -0.139. The Balaban J connectivity index is 1.81. The van der Waals surface area contributed by atoms with Gasteiger partial charge in [-0.3, -0.25) is 9.59 Å². The molecule has 2 heterocycles. The van der Waals surface area contributed by atoms with Crippen molar-refractivity contribution < 1.29 is 14.3 Å². The highest BCUT2D eigenvalue weighted by Crippen LogP contribution is 2.18. The van der Waals surface area contributed by atoms with E-state index >= 15 is 0 Å². The van der Waals surface area contributed by atoms with Gasteiger partial charge < -0.3 is 20.3 Å². The van der Waals surface area contributed by atoms with E-state index < -0.39 is 0 Å². The minimum absolute atomic E-state index is 0.0506. The van der Waals surface area contributed by atoms with Crippen molar-refractivity contribution in [2.24, 2.45) is 5.92 Å². The van der Waals surface area contributed by atoms with Gasteiger partial charge in [-0.2, -0.15) is 0 Å². The Kier molecular flexibility index (Phi) is 4.54. The normalized spacial score (nSPS) is 25.8. The fourth-order valence-electron chi connectivity index (χ4n) is 2.51. The average Bonchev–Trinajstić information content (AvgIpc) is 2.47. The molecule has 0 aromatic heterocycles. The van der Waals surface area contributed by atoms with Crippen molar-refractivity contribution in [3.05, 3.63) is 0 Å². The van der Waals surface area contributed by atoms with Crippen LogP contribution >= 0.6 is 0 Å². The van der Waals surface area contributed by atoms with Crippen LogP contribution in [0, 0.1) is 5.92 Å². The van der Waals surface area contributed by atoms with Crippen molar-refractivity contribution in [3.8, 4) is 0 Å². The van der Waals surface area contributed by atoms with Crippen molar-refractivity contribution >= 4 is 11.8 Å². The van der Waals surface area contributed by atoms with Gasteiger partial charge in [-0.15, -0.1) is 0 Å². The molecule has 0 bridgehead atoms. The van der Waals surface area contributed by atoms with Gasteiger partial charge in [0.15, 0.2) is 0 Å². The fraction of sp³-hybridized carbons (Fsp3) is 0.833. The molecule has 0 radical (unpaired) electrons. The van der Waals surface area contributed by atoms with Crippen molar-refractivity contribution in [2.45, 2.75) is 18.9 Å². The molecule has 2 aliphatic heterocycles. The van der Waals surface area contributed by atoms with E-state index in [2.05, 4.69) is 10.6 Å². The van der Waals surface area contributed by atoms with E-state index in [-0.39, 0.29) is 23.8 Å². The maximum absolute atomic E-state index is 12.2. The van der Waals surface area contributed by atoms with Crippen LogP contribution in [0.25, 0.3) is 0 Å². The summed E-state index contributed by atoms with van der Waals surface area (Å²) in [6, 6.07) is -0.213. The molecule has 2 rings (SSSR count). The average molecular weight is 255 g/mol. The Morgan fingerprint density at radius 2 is 2.06 bits per heavy atom. The number of rotatable bonds is 2. The summed E-state index contributed by atoms with van der Waals surface area (Å²) in [6.45, 7) is 3.17. The standard InChI is InChI=1S/C12H21N3O3/c1-13-11(16)9-2-5-15(6-3-9)12(17)10-8-18-7-4-14-10/h9-10,14H,2-8H2,1H3,(H,13,16). The maximum atomic E-state index is 12.2. The Labute approximate surface area is 107 Å². The molecule has 102 valence electrons. The van der Waals surface area contributed by atoms with Crippen LogP contribution in [0.2, 0.25) is 0 Å². The first kappa shape index (κ1) is 13.3. The third-order valence-corrected chi connectivity index (χ3v) is 3.64. The van der Waals surface area contributed by atoms with Crippen molar-refractivity contribution in [3.63, 3.8) is 0 Å². The Morgan fingerprint density at radius 1 is 1.33 bits per heavy atom. The lowest BCUT2D eigenvalue weighted by Crippen LogP contribution is -2.54. The number of nitrogens with one attached hydrogen (secondary N) is 2. The van der Waals surface area contributed by atoms with Gasteiger partial charge in [0.25, 0.3) is 0 Å². The van der Waals surface area contributed by atoms with E-state index in [1.54, 1.807) is 7.05 Å². The number of hydrogen-bond acceptors (Lipinski definition) is 4. The van der Waals surface area contributed by atoms with Crippen LogP contribution in [0.3, 0.4) is 0 Å². The quantitative estimate of drug-likeness (QED) is 0.661. The highest BCUT2D eigenvalue weighted by molar-refractivity contribution is 5.83.